The standard InChI is InChI=1S/C13H25N2.BF4/c1-3-5-6-7-8-9-10-15-12-11-14(4-2)13-15;2-1(3,4)5/h11-13H,3-10H2,1-2H3;/q+1;-1. The Bertz CT molecular complexity index is 333. The molecule has 1 heterocycles. The number of halogens is 4. The van der Waals surface area contributed by atoms with Crippen LogP contribution in [0.15, 0.2) is 18.7 Å². The second kappa shape index (κ2) is 10.7. The number of hydrogen-bond donors (Lipinski definition) is 0. The van der Waals surface area contributed by atoms with E-state index in [4.69, 9.17) is 0 Å². The smallest absolute Gasteiger partial charge is 0.418 e. The molecule has 1 rings (SSSR count). The number of nitrogens with zero attached hydrogens (tertiary/aromatic N) is 2. The summed E-state index contributed by atoms with van der Waals surface area (Å²) in [6.07, 6.45) is 14.8. The lowest BCUT2D eigenvalue weighted by atomic mass is 10.1. The van der Waals surface area contributed by atoms with Crippen molar-refractivity contribution in [2.24, 2.45) is 0 Å². The van der Waals surface area contributed by atoms with Crippen LogP contribution in [0.4, 0.5) is 17.3 Å². The minimum Gasteiger partial charge on any atom is -0.418 e. The first kappa shape index (κ1) is 19.0. The van der Waals surface area contributed by atoms with Crippen molar-refractivity contribution in [1.82, 2.24) is 4.57 Å². The summed E-state index contributed by atoms with van der Waals surface area (Å²) in [5, 5.41) is 0. The van der Waals surface area contributed by atoms with Gasteiger partial charge in [0.05, 0.1) is 13.1 Å². The van der Waals surface area contributed by atoms with Gasteiger partial charge in [-0.05, 0) is 19.8 Å². The zero-order chi connectivity index (χ0) is 15.4. The Balaban J connectivity index is 0.000000621. The summed E-state index contributed by atoms with van der Waals surface area (Å²) in [5.41, 5.74) is 0. The molecule has 0 bridgehead atoms. The number of hydrogen-bond acceptors (Lipinski definition) is 0. The molecule has 1 aromatic heterocycles. The molecule has 0 unspecified atom stereocenters. The molecule has 0 spiro atoms. The summed E-state index contributed by atoms with van der Waals surface area (Å²) >= 11 is 0. The molecular weight excluding hydrogens is 271 g/mol. The van der Waals surface area contributed by atoms with Crippen LogP contribution in [0.25, 0.3) is 0 Å². The van der Waals surface area contributed by atoms with E-state index in [1.807, 2.05) is 0 Å². The summed E-state index contributed by atoms with van der Waals surface area (Å²) in [6, 6.07) is 0. The number of imidazole rings is 1. The molecule has 20 heavy (non-hydrogen) atoms. The Morgan fingerprint density at radius 2 is 1.50 bits per heavy atom. The van der Waals surface area contributed by atoms with Crippen LogP contribution in [0.5, 0.6) is 0 Å². The van der Waals surface area contributed by atoms with Crippen LogP contribution in [0, 0.1) is 0 Å². The number of unbranched alkanes of at least 4 members (excludes halogenated alkanes) is 5. The maximum Gasteiger partial charge on any atom is 0.673 e. The first-order chi connectivity index (χ1) is 9.36. The second-order valence-electron chi connectivity index (χ2n) is 4.74. The first-order valence-corrected chi connectivity index (χ1v) is 7.29. The molecule has 0 aliphatic rings. The van der Waals surface area contributed by atoms with Crippen LogP contribution >= 0.6 is 0 Å². The van der Waals surface area contributed by atoms with Gasteiger partial charge in [0, 0.05) is 0 Å². The summed E-state index contributed by atoms with van der Waals surface area (Å²) in [5.74, 6) is 0. The second-order valence-corrected chi connectivity index (χ2v) is 4.74. The topological polar surface area (TPSA) is 8.81 Å². The van der Waals surface area contributed by atoms with Crippen LogP contribution in [0.2, 0.25) is 0 Å². The van der Waals surface area contributed by atoms with Gasteiger partial charge in [0.1, 0.15) is 12.4 Å². The number of aromatic nitrogens is 2. The van der Waals surface area contributed by atoms with Gasteiger partial charge in [-0.3, -0.25) is 0 Å². The lowest BCUT2D eigenvalue weighted by Gasteiger charge is -1.98. The molecule has 1 aromatic rings. The Labute approximate surface area is 118 Å². The predicted molar refractivity (Wildman–Crippen MR) is 73.9 cm³/mol. The lowest BCUT2D eigenvalue weighted by Crippen LogP contribution is -2.28. The van der Waals surface area contributed by atoms with Gasteiger partial charge in [-0.1, -0.05) is 32.6 Å². The van der Waals surface area contributed by atoms with Crippen molar-refractivity contribution in [3.8, 4) is 0 Å². The molecule has 0 saturated heterocycles. The van der Waals surface area contributed by atoms with E-state index in [1.165, 1.54) is 45.1 Å². The van der Waals surface area contributed by atoms with Gasteiger partial charge in [0.25, 0.3) is 0 Å². The molecule has 2 nitrogen and oxygen atoms in total. The van der Waals surface area contributed by atoms with Gasteiger partial charge in [-0.25, -0.2) is 9.13 Å². The fourth-order valence-corrected chi connectivity index (χ4v) is 1.83. The average molecular weight is 296 g/mol. The van der Waals surface area contributed by atoms with Crippen LogP contribution in [0.3, 0.4) is 0 Å². The van der Waals surface area contributed by atoms with E-state index in [0.29, 0.717) is 0 Å². The largest absolute Gasteiger partial charge is 0.673 e. The summed E-state index contributed by atoms with van der Waals surface area (Å²) in [6.45, 7) is 6.70. The van der Waals surface area contributed by atoms with Gasteiger partial charge in [-0.15, -0.1) is 0 Å². The van der Waals surface area contributed by atoms with E-state index in [9.17, 15) is 17.3 Å². The zero-order valence-corrected chi connectivity index (χ0v) is 12.4. The molecule has 0 aliphatic carbocycles. The van der Waals surface area contributed by atoms with Crippen molar-refractivity contribution in [1.29, 1.82) is 0 Å². The molecule has 0 fully saturated rings. The zero-order valence-electron chi connectivity index (χ0n) is 12.4. The van der Waals surface area contributed by atoms with E-state index in [2.05, 4.69) is 41.7 Å². The molecular formula is C13H25BF4N2. The summed E-state index contributed by atoms with van der Waals surface area (Å²) < 4.78 is 43.5. The van der Waals surface area contributed by atoms with Crippen molar-refractivity contribution in [3.05, 3.63) is 18.7 Å². The molecule has 7 heteroatoms. The maximum atomic E-state index is 9.75. The van der Waals surface area contributed by atoms with Crippen LogP contribution in [0.1, 0.15) is 52.4 Å². The number of rotatable bonds is 8. The minimum absolute atomic E-state index is 1.07. The van der Waals surface area contributed by atoms with Gasteiger partial charge in [-0.2, -0.15) is 0 Å². The van der Waals surface area contributed by atoms with Crippen molar-refractivity contribution in [2.45, 2.75) is 65.5 Å². The van der Waals surface area contributed by atoms with Crippen LogP contribution < -0.4 is 4.57 Å². The van der Waals surface area contributed by atoms with Gasteiger partial charge in [0.15, 0.2) is 0 Å². The third-order valence-corrected chi connectivity index (χ3v) is 2.88. The van der Waals surface area contributed by atoms with Crippen LogP contribution in [-0.4, -0.2) is 11.8 Å². The molecule has 118 valence electrons. The van der Waals surface area contributed by atoms with Gasteiger partial charge < -0.3 is 17.3 Å². The third kappa shape index (κ3) is 13.4. The Morgan fingerprint density at radius 1 is 0.950 bits per heavy atom. The van der Waals surface area contributed by atoms with E-state index in [-0.39, 0.29) is 0 Å². The molecule has 0 saturated carbocycles. The molecule has 0 N–H and O–H groups in total. The van der Waals surface area contributed by atoms with Crippen molar-refractivity contribution in [2.75, 3.05) is 0 Å². The van der Waals surface area contributed by atoms with Crippen molar-refractivity contribution in [3.63, 3.8) is 0 Å². The van der Waals surface area contributed by atoms with E-state index in [1.54, 1.807) is 0 Å². The fourth-order valence-electron chi connectivity index (χ4n) is 1.83. The van der Waals surface area contributed by atoms with Gasteiger partial charge >= 0.3 is 7.25 Å². The molecule has 0 radical (unpaired) electrons. The van der Waals surface area contributed by atoms with E-state index < -0.39 is 7.25 Å². The van der Waals surface area contributed by atoms with Crippen molar-refractivity contribution < 1.29 is 21.8 Å². The third-order valence-electron chi connectivity index (χ3n) is 2.88. The Morgan fingerprint density at radius 3 is 2.00 bits per heavy atom. The van der Waals surface area contributed by atoms with Crippen molar-refractivity contribution >= 4 is 7.25 Å². The average Bonchev–Trinajstić information content (AvgIpc) is 2.79. The molecule has 0 atom stereocenters. The highest BCUT2D eigenvalue weighted by Crippen LogP contribution is 2.07. The Kier molecular flexibility index (Phi) is 10.2. The molecule has 0 aromatic carbocycles. The highest BCUT2D eigenvalue weighted by atomic mass is 19.5. The highest BCUT2D eigenvalue weighted by molar-refractivity contribution is 6.50. The van der Waals surface area contributed by atoms with E-state index in [0.717, 1.165) is 6.54 Å². The summed E-state index contributed by atoms with van der Waals surface area (Å²) in [4.78, 5) is 0. The maximum absolute atomic E-state index is 9.75. The van der Waals surface area contributed by atoms with E-state index >= 15 is 0 Å². The highest BCUT2D eigenvalue weighted by Gasteiger charge is 2.20. The quantitative estimate of drug-likeness (QED) is 0.290. The monoisotopic (exact) mass is 296 g/mol. The first-order valence-electron chi connectivity index (χ1n) is 7.29. The lowest BCUT2D eigenvalue weighted by molar-refractivity contribution is -0.693. The SMILES string of the molecule is CCCCCCCCn1cc[n+](CC)c1.F[B-](F)(F)F. The van der Waals surface area contributed by atoms with Gasteiger partial charge in [0.2, 0.25) is 6.33 Å². The van der Waals surface area contributed by atoms with Crippen LogP contribution in [-0.2, 0) is 13.1 Å². The minimum atomic E-state index is -6.00. The predicted octanol–water partition coefficient (Wildman–Crippen LogP) is 4.46. The summed E-state index contributed by atoms with van der Waals surface area (Å²) in [7, 11) is -6.00. The molecule has 0 amide bonds. The molecule has 0 aliphatic heterocycles. The Hall–Kier alpha value is -1.01. The normalized spacial score (nSPS) is 11.1. The number of aryl methyl sites for hydroxylation is 2. The fraction of sp³-hybridized carbons (Fsp3) is 0.769.